The average molecular weight is 163 g/mol. The van der Waals surface area contributed by atoms with E-state index in [0.717, 1.165) is 12.8 Å². The molecule has 0 amide bonds. The van der Waals surface area contributed by atoms with Crippen LogP contribution in [0, 0.1) is 6.92 Å². The van der Waals surface area contributed by atoms with Gasteiger partial charge < -0.3 is 4.98 Å². The third kappa shape index (κ3) is 2.00. The van der Waals surface area contributed by atoms with Gasteiger partial charge >= 0.3 is 0 Å². The smallest absolute Gasteiger partial charge is 0.0182 e. The van der Waals surface area contributed by atoms with E-state index >= 15 is 0 Å². The fraction of sp³-hybridized carbons (Fsp3) is 0.455. The van der Waals surface area contributed by atoms with Gasteiger partial charge in [0, 0.05) is 11.4 Å². The minimum absolute atomic E-state index is 1.06. The molecule has 0 radical (unpaired) electrons. The summed E-state index contributed by atoms with van der Waals surface area (Å²) >= 11 is 0. The lowest BCUT2D eigenvalue weighted by Crippen LogP contribution is -1.86. The average Bonchev–Trinajstić information content (AvgIpc) is 2.42. The van der Waals surface area contributed by atoms with Gasteiger partial charge in [-0.15, -0.1) is 0 Å². The lowest BCUT2D eigenvalue weighted by molar-refractivity contribution is 1.01. The van der Waals surface area contributed by atoms with Crippen molar-refractivity contribution in [3.05, 3.63) is 35.2 Å². The van der Waals surface area contributed by atoms with Crippen molar-refractivity contribution in [1.82, 2.24) is 4.98 Å². The highest BCUT2D eigenvalue weighted by Gasteiger charge is 2.01. The van der Waals surface area contributed by atoms with Crippen LogP contribution in [0.5, 0.6) is 0 Å². The van der Waals surface area contributed by atoms with E-state index in [-0.39, 0.29) is 0 Å². The molecule has 0 aromatic carbocycles. The molecule has 1 aromatic heterocycles. The number of allylic oxidation sites excluding steroid dienone is 2. The maximum Gasteiger partial charge on any atom is 0.0182 e. The minimum Gasteiger partial charge on any atom is -0.362 e. The summed E-state index contributed by atoms with van der Waals surface area (Å²) in [5, 5.41) is 0. The van der Waals surface area contributed by atoms with Crippen molar-refractivity contribution < 1.29 is 0 Å². The van der Waals surface area contributed by atoms with E-state index in [9.17, 15) is 0 Å². The number of aryl methyl sites for hydroxylation is 2. The molecule has 0 bridgehead atoms. The number of hydrogen-bond acceptors (Lipinski definition) is 0. The molecule has 0 saturated heterocycles. The molecule has 1 rings (SSSR count). The molecule has 66 valence electrons. The second-order valence-electron chi connectivity index (χ2n) is 3.08. The summed E-state index contributed by atoms with van der Waals surface area (Å²) in [6.45, 7) is 6.36. The molecule has 0 saturated carbocycles. The first-order valence-electron chi connectivity index (χ1n) is 4.56. The Labute approximate surface area is 74.5 Å². The maximum absolute atomic E-state index is 3.37. The number of H-pyrrole nitrogens is 1. The third-order valence-corrected chi connectivity index (χ3v) is 2.05. The molecular formula is C11H17N. The summed E-state index contributed by atoms with van der Waals surface area (Å²) in [6, 6.07) is 2.23. The Morgan fingerprint density at radius 3 is 2.83 bits per heavy atom. The van der Waals surface area contributed by atoms with E-state index < -0.39 is 0 Å². The zero-order valence-electron chi connectivity index (χ0n) is 8.15. The van der Waals surface area contributed by atoms with E-state index in [0.29, 0.717) is 0 Å². The minimum atomic E-state index is 1.06. The van der Waals surface area contributed by atoms with Crippen molar-refractivity contribution >= 4 is 0 Å². The summed E-state index contributed by atoms with van der Waals surface area (Å²) < 4.78 is 0. The van der Waals surface area contributed by atoms with Crippen LogP contribution in [0.3, 0.4) is 0 Å². The zero-order chi connectivity index (χ0) is 8.97. The van der Waals surface area contributed by atoms with Crippen LogP contribution in [0.1, 0.15) is 30.8 Å². The molecule has 1 N–H and O–H groups in total. The normalized spacial score (nSPS) is 11.2. The highest BCUT2D eigenvalue weighted by Crippen LogP contribution is 2.12. The number of aromatic amines is 1. The van der Waals surface area contributed by atoms with Crippen molar-refractivity contribution in [2.75, 3.05) is 0 Å². The second kappa shape index (κ2) is 4.15. The van der Waals surface area contributed by atoms with E-state index in [1.807, 2.05) is 0 Å². The third-order valence-electron chi connectivity index (χ3n) is 2.05. The Balaban J connectivity index is 2.81. The fourth-order valence-electron chi connectivity index (χ4n) is 1.45. The molecule has 12 heavy (non-hydrogen) atoms. The summed E-state index contributed by atoms with van der Waals surface area (Å²) in [6.07, 6.45) is 6.45. The molecular weight excluding hydrogens is 146 g/mol. The van der Waals surface area contributed by atoms with E-state index in [4.69, 9.17) is 0 Å². The summed E-state index contributed by atoms with van der Waals surface area (Å²) in [7, 11) is 0. The van der Waals surface area contributed by atoms with Crippen LogP contribution in [0.2, 0.25) is 0 Å². The molecule has 0 spiro atoms. The molecule has 0 fully saturated rings. The molecule has 0 aliphatic rings. The standard InChI is InChI=1S/C11H17N/c1-4-6-7-10-8-9(3)12-11(10)5-2/h4,6,8,12H,5,7H2,1-3H3/b6-4-. The molecule has 0 atom stereocenters. The van der Waals surface area contributed by atoms with Gasteiger partial charge in [-0.05, 0) is 38.3 Å². The summed E-state index contributed by atoms with van der Waals surface area (Å²) in [5.74, 6) is 0. The predicted molar refractivity (Wildman–Crippen MR) is 53.4 cm³/mol. The monoisotopic (exact) mass is 163 g/mol. The van der Waals surface area contributed by atoms with E-state index in [1.165, 1.54) is 17.0 Å². The van der Waals surface area contributed by atoms with Gasteiger partial charge in [0.05, 0.1) is 0 Å². The van der Waals surface area contributed by atoms with Crippen LogP contribution < -0.4 is 0 Å². The lowest BCUT2D eigenvalue weighted by Gasteiger charge is -1.95. The van der Waals surface area contributed by atoms with Crippen LogP contribution in [-0.2, 0) is 12.8 Å². The fourth-order valence-corrected chi connectivity index (χ4v) is 1.45. The highest BCUT2D eigenvalue weighted by molar-refractivity contribution is 5.27. The number of aromatic nitrogens is 1. The quantitative estimate of drug-likeness (QED) is 0.659. The largest absolute Gasteiger partial charge is 0.362 e. The first kappa shape index (κ1) is 9.11. The van der Waals surface area contributed by atoms with Crippen molar-refractivity contribution in [2.24, 2.45) is 0 Å². The van der Waals surface area contributed by atoms with Crippen LogP contribution in [0.4, 0.5) is 0 Å². The molecule has 1 heteroatoms. The molecule has 0 aliphatic heterocycles. The lowest BCUT2D eigenvalue weighted by atomic mass is 10.1. The zero-order valence-corrected chi connectivity index (χ0v) is 8.15. The molecule has 1 nitrogen and oxygen atoms in total. The SMILES string of the molecule is C/C=C\Cc1cc(C)[nH]c1CC. The van der Waals surface area contributed by atoms with Crippen molar-refractivity contribution in [3.63, 3.8) is 0 Å². The Hall–Kier alpha value is -0.980. The van der Waals surface area contributed by atoms with Gasteiger partial charge in [-0.2, -0.15) is 0 Å². The van der Waals surface area contributed by atoms with Crippen LogP contribution in [0.25, 0.3) is 0 Å². The summed E-state index contributed by atoms with van der Waals surface area (Å²) in [5.41, 5.74) is 4.09. The second-order valence-corrected chi connectivity index (χ2v) is 3.08. The number of nitrogens with one attached hydrogen (secondary N) is 1. The highest BCUT2D eigenvalue weighted by atomic mass is 14.7. The molecule has 1 aromatic rings. The van der Waals surface area contributed by atoms with Crippen molar-refractivity contribution in [1.29, 1.82) is 0 Å². The maximum atomic E-state index is 3.37. The number of rotatable bonds is 3. The Morgan fingerprint density at radius 2 is 2.25 bits per heavy atom. The van der Waals surface area contributed by atoms with Gasteiger partial charge in [0.1, 0.15) is 0 Å². The van der Waals surface area contributed by atoms with Gasteiger partial charge in [0.15, 0.2) is 0 Å². The Kier molecular flexibility index (Phi) is 3.15. The Bertz CT molecular complexity index is 269. The van der Waals surface area contributed by atoms with Gasteiger partial charge in [-0.1, -0.05) is 19.1 Å². The van der Waals surface area contributed by atoms with Crippen LogP contribution in [-0.4, -0.2) is 4.98 Å². The number of hydrogen-bond donors (Lipinski definition) is 1. The topological polar surface area (TPSA) is 15.8 Å². The van der Waals surface area contributed by atoms with Gasteiger partial charge in [0.25, 0.3) is 0 Å². The van der Waals surface area contributed by atoms with Gasteiger partial charge in [-0.25, -0.2) is 0 Å². The van der Waals surface area contributed by atoms with E-state index in [2.05, 4.69) is 44.0 Å². The predicted octanol–water partition coefficient (Wildman–Crippen LogP) is 3.00. The molecule has 0 aliphatic carbocycles. The first-order valence-corrected chi connectivity index (χ1v) is 4.56. The summed E-state index contributed by atoms with van der Waals surface area (Å²) in [4.78, 5) is 3.37. The van der Waals surface area contributed by atoms with E-state index in [1.54, 1.807) is 0 Å². The van der Waals surface area contributed by atoms with Crippen LogP contribution in [0.15, 0.2) is 18.2 Å². The molecule has 0 unspecified atom stereocenters. The Morgan fingerprint density at radius 1 is 1.50 bits per heavy atom. The van der Waals surface area contributed by atoms with Crippen molar-refractivity contribution in [3.8, 4) is 0 Å². The first-order chi connectivity index (χ1) is 5.77. The van der Waals surface area contributed by atoms with Gasteiger partial charge in [-0.3, -0.25) is 0 Å². The van der Waals surface area contributed by atoms with Crippen molar-refractivity contribution in [2.45, 2.75) is 33.6 Å². The van der Waals surface area contributed by atoms with Gasteiger partial charge in [0.2, 0.25) is 0 Å². The molecule has 1 heterocycles. The van der Waals surface area contributed by atoms with Crippen LogP contribution >= 0.6 is 0 Å².